The van der Waals surface area contributed by atoms with Crippen molar-refractivity contribution >= 4 is 0 Å². The molecule has 1 aromatic rings. The van der Waals surface area contributed by atoms with E-state index in [2.05, 4.69) is 9.72 Å². The summed E-state index contributed by atoms with van der Waals surface area (Å²) in [5, 5.41) is 0. The van der Waals surface area contributed by atoms with Crippen LogP contribution in [0.4, 0.5) is 17.6 Å². The molecule has 0 unspecified atom stereocenters. The highest BCUT2D eigenvalue weighted by Gasteiger charge is 2.31. The third-order valence-electron chi connectivity index (χ3n) is 1.52. The lowest BCUT2D eigenvalue weighted by Crippen LogP contribution is -2.17. The van der Waals surface area contributed by atoms with Crippen molar-refractivity contribution in [3.05, 3.63) is 23.5 Å². The van der Waals surface area contributed by atoms with Crippen molar-refractivity contribution < 1.29 is 22.3 Å². The highest BCUT2D eigenvalue weighted by atomic mass is 19.4. The molecule has 0 N–H and O–H groups in total. The standard InChI is InChI=1S/C8H7F4NO/c1-5-2-6(14-8(10,11)12)4-13-7(5)3-9/h2,4H,3H2,1H3. The normalized spacial score (nSPS) is 11.5. The Kier molecular flexibility index (Phi) is 2.93. The van der Waals surface area contributed by atoms with Gasteiger partial charge in [-0.05, 0) is 18.6 Å². The fourth-order valence-corrected chi connectivity index (χ4v) is 0.907. The van der Waals surface area contributed by atoms with Gasteiger partial charge in [0.05, 0.1) is 11.9 Å². The van der Waals surface area contributed by atoms with Crippen molar-refractivity contribution in [2.24, 2.45) is 0 Å². The van der Waals surface area contributed by atoms with Gasteiger partial charge < -0.3 is 4.74 Å². The summed E-state index contributed by atoms with van der Waals surface area (Å²) in [6, 6.07) is 1.09. The summed E-state index contributed by atoms with van der Waals surface area (Å²) >= 11 is 0. The van der Waals surface area contributed by atoms with Crippen LogP contribution in [0, 0.1) is 6.92 Å². The molecule has 78 valence electrons. The maximum absolute atomic E-state index is 12.1. The van der Waals surface area contributed by atoms with Gasteiger partial charge in [0.2, 0.25) is 0 Å². The van der Waals surface area contributed by atoms with E-state index < -0.39 is 18.8 Å². The lowest BCUT2D eigenvalue weighted by atomic mass is 10.2. The van der Waals surface area contributed by atoms with Crippen LogP contribution in [0.15, 0.2) is 12.3 Å². The van der Waals surface area contributed by atoms with Crippen molar-refractivity contribution in [2.75, 3.05) is 0 Å². The van der Waals surface area contributed by atoms with Crippen molar-refractivity contribution in [2.45, 2.75) is 20.0 Å². The van der Waals surface area contributed by atoms with Crippen LogP contribution in [-0.4, -0.2) is 11.3 Å². The topological polar surface area (TPSA) is 22.1 Å². The predicted octanol–water partition coefficient (Wildman–Crippen LogP) is 2.76. The van der Waals surface area contributed by atoms with Gasteiger partial charge >= 0.3 is 6.36 Å². The first-order valence-electron chi connectivity index (χ1n) is 3.69. The van der Waals surface area contributed by atoms with Crippen LogP contribution >= 0.6 is 0 Å². The van der Waals surface area contributed by atoms with Crippen LogP contribution < -0.4 is 4.74 Å². The van der Waals surface area contributed by atoms with Crippen molar-refractivity contribution in [1.29, 1.82) is 0 Å². The molecule has 1 aromatic heterocycles. The minimum absolute atomic E-state index is 0.111. The van der Waals surface area contributed by atoms with Crippen LogP contribution in [-0.2, 0) is 6.67 Å². The first kappa shape index (κ1) is 10.7. The van der Waals surface area contributed by atoms with Crippen LogP contribution in [0.5, 0.6) is 5.75 Å². The predicted molar refractivity (Wildman–Crippen MR) is 40.5 cm³/mol. The number of halogens is 4. The number of rotatable bonds is 2. The van der Waals surface area contributed by atoms with E-state index in [1.807, 2.05) is 0 Å². The summed E-state index contributed by atoms with van der Waals surface area (Å²) < 4.78 is 50.9. The van der Waals surface area contributed by atoms with E-state index in [4.69, 9.17) is 0 Å². The number of aromatic nitrogens is 1. The van der Waals surface area contributed by atoms with Gasteiger partial charge in [-0.25, -0.2) is 4.39 Å². The summed E-state index contributed by atoms with van der Waals surface area (Å²) in [6.45, 7) is 0.656. The van der Waals surface area contributed by atoms with Gasteiger partial charge in [0, 0.05) is 0 Å². The molecule has 0 saturated carbocycles. The number of aryl methyl sites for hydroxylation is 1. The molecule has 2 nitrogen and oxygen atoms in total. The Hall–Kier alpha value is -1.33. The van der Waals surface area contributed by atoms with Gasteiger partial charge in [0.1, 0.15) is 12.4 Å². The molecule has 14 heavy (non-hydrogen) atoms. The van der Waals surface area contributed by atoms with E-state index in [1.165, 1.54) is 6.92 Å². The highest BCUT2D eigenvalue weighted by molar-refractivity contribution is 5.28. The Bertz CT molecular complexity index is 324. The highest BCUT2D eigenvalue weighted by Crippen LogP contribution is 2.23. The zero-order valence-corrected chi connectivity index (χ0v) is 7.23. The number of hydrogen-bond acceptors (Lipinski definition) is 2. The SMILES string of the molecule is Cc1cc(OC(F)(F)F)cnc1CF. The van der Waals surface area contributed by atoms with Crippen LogP contribution in [0.3, 0.4) is 0 Å². The molecule has 0 bridgehead atoms. The van der Waals surface area contributed by atoms with E-state index in [1.54, 1.807) is 0 Å². The number of hydrogen-bond donors (Lipinski definition) is 0. The molecule has 0 radical (unpaired) electrons. The minimum Gasteiger partial charge on any atom is -0.404 e. The smallest absolute Gasteiger partial charge is 0.404 e. The molecule has 0 saturated heterocycles. The van der Waals surface area contributed by atoms with Gasteiger partial charge in [-0.2, -0.15) is 0 Å². The first-order valence-corrected chi connectivity index (χ1v) is 3.69. The van der Waals surface area contributed by atoms with E-state index in [9.17, 15) is 17.6 Å². The Morgan fingerprint density at radius 3 is 2.50 bits per heavy atom. The monoisotopic (exact) mass is 209 g/mol. The third-order valence-corrected chi connectivity index (χ3v) is 1.52. The zero-order valence-electron chi connectivity index (χ0n) is 7.23. The first-order chi connectivity index (χ1) is 6.42. The van der Waals surface area contributed by atoms with Crippen LogP contribution in [0.25, 0.3) is 0 Å². The average Bonchev–Trinajstić information content (AvgIpc) is 2.01. The van der Waals surface area contributed by atoms with Crippen LogP contribution in [0.1, 0.15) is 11.3 Å². The van der Waals surface area contributed by atoms with Gasteiger partial charge in [0.15, 0.2) is 0 Å². The number of alkyl halides is 4. The molecule has 0 atom stereocenters. The second kappa shape index (κ2) is 3.81. The molecule has 0 aliphatic rings. The average molecular weight is 209 g/mol. The summed E-state index contributed by atoms with van der Waals surface area (Å²) in [5.41, 5.74) is 0.439. The van der Waals surface area contributed by atoms with E-state index in [-0.39, 0.29) is 5.69 Å². The Morgan fingerprint density at radius 1 is 1.43 bits per heavy atom. The lowest BCUT2D eigenvalue weighted by Gasteiger charge is -2.09. The van der Waals surface area contributed by atoms with Gasteiger partial charge in [-0.15, -0.1) is 13.2 Å². The molecule has 1 rings (SSSR count). The van der Waals surface area contributed by atoms with Crippen molar-refractivity contribution in [1.82, 2.24) is 4.98 Å². The molecule has 0 aliphatic carbocycles. The minimum atomic E-state index is -4.74. The molecule has 0 aromatic carbocycles. The fraction of sp³-hybridized carbons (Fsp3) is 0.375. The largest absolute Gasteiger partial charge is 0.573 e. The van der Waals surface area contributed by atoms with E-state index >= 15 is 0 Å². The second-order valence-corrected chi connectivity index (χ2v) is 2.62. The Morgan fingerprint density at radius 2 is 2.07 bits per heavy atom. The molecule has 0 aliphatic heterocycles. The van der Waals surface area contributed by atoms with Gasteiger partial charge in [0.25, 0.3) is 0 Å². The summed E-state index contributed by atoms with van der Waals surface area (Å²) in [7, 11) is 0. The van der Waals surface area contributed by atoms with Gasteiger partial charge in [-0.1, -0.05) is 0 Å². The van der Waals surface area contributed by atoms with E-state index in [0.717, 1.165) is 12.3 Å². The van der Waals surface area contributed by atoms with Crippen molar-refractivity contribution in [3.63, 3.8) is 0 Å². The van der Waals surface area contributed by atoms with Crippen molar-refractivity contribution in [3.8, 4) is 5.75 Å². The number of ether oxygens (including phenoxy) is 1. The molecule has 1 heterocycles. The third kappa shape index (κ3) is 2.86. The zero-order chi connectivity index (χ0) is 10.8. The summed E-state index contributed by atoms with van der Waals surface area (Å²) in [6.07, 6.45) is -3.90. The lowest BCUT2D eigenvalue weighted by molar-refractivity contribution is -0.274. The summed E-state index contributed by atoms with van der Waals surface area (Å²) in [5.74, 6) is -0.438. The Balaban J connectivity index is 2.87. The van der Waals surface area contributed by atoms with Gasteiger partial charge in [-0.3, -0.25) is 4.98 Å². The molecular formula is C8H7F4NO. The Labute approximate surface area is 77.5 Å². The number of nitrogens with zero attached hydrogens (tertiary/aromatic N) is 1. The molecule has 6 heteroatoms. The van der Waals surface area contributed by atoms with Crippen LogP contribution in [0.2, 0.25) is 0 Å². The fourth-order valence-electron chi connectivity index (χ4n) is 0.907. The number of pyridine rings is 1. The quantitative estimate of drug-likeness (QED) is 0.698. The maximum atomic E-state index is 12.1. The molecule has 0 fully saturated rings. The van der Waals surface area contributed by atoms with E-state index in [0.29, 0.717) is 5.56 Å². The molecule has 0 amide bonds. The maximum Gasteiger partial charge on any atom is 0.573 e. The molecular weight excluding hydrogens is 202 g/mol. The second-order valence-electron chi connectivity index (χ2n) is 2.62. The summed E-state index contributed by atoms with van der Waals surface area (Å²) in [4.78, 5) is 3.48. The molecule has 0 spiro atoms.